The molecule has 0 fully saturated rings. The zero-order valence-electron chi connectivity index (χ0n) is 24.0. The van der Waals surface area contributed by atoms with E-state index < -0.39 is 6.15 Å². The Hall–Kier alpha value is -3.89. The van der Waals surface area contributed by atoms with Crippen molar-refractivity contribution in [2.75, 3.05) is 33.7 Å². The molecule has 4 rings (SSSR count). The number of rotatable bonds is 10. The third-order valence-corrected chi connectivity index (χ3v) is 7.67. The highest BCUT2D eigenvalue weighted by Gasteiger charge is 2.31. The second-order valence-corrected chi connectivity index (χ2v) is 10.9. The minimum Gasteiger partial charge on any atom is -0.352 e. The number of quaternary nitrogens is 1. The third-order valence-electron chi connectivity index (χ3n) is 7.67. The molecule has 0 spiro atoms. The van der Waals surface area contributed by atoms with Gasteiger partial charge in [-0.25, -0.2) is 0 Å². The molecule has 0 saturated heterocycles. The predicted octanol–water partition coefficient (Wildman–Crippen LogP) is 4.23. The number of nitrogens with one attached hydrogen (secondary N) is 1. The van der Waals surface area contributed by atoms with E-state index in [4.69, 9.17) is 0 Å². The van der Waals surface area contributed by atoms with Gasteiger partial charge in [0.1, 0.15) is 6.15 Å². The Balaban J connectivity index is 0.000000258. The van der Waals surface area contributed by atoms with Crippen molar-refractivity contribution in [3.63, 3.8) is 0 Å². The van der Waals surface area contributed by atoms with Crippen molar-refractivity contribution in [3.05, 3.63) is 133 Å². The molecule has 0 saturated carbocycles. The standard InChI is InChI=1S/C24H20B.C11H22N2O/c1-5-13-21(14-6-1)25(22-15-7-2-8-16-22,23-17-9-3-10-18-23)24-19-11-4-12-20-24;1-6-13(4,5)9-7-8-12-11(14)10(2)3/h1-20H;2,6-9H2,1,3-5H3/q-1;/p+1. The normalized spacial score (nSPS) is 11.2. The summed E-state index contributed by atoms with van der Waals surface area (Å²) in [5, 5.41) is 2.83. The molecule has 0 aliphatic carbocycles. The van der Waals surface area contributed by atoms with Crippen LogP contribution in [0.15, 0.2) is 133 Å². The molecule has 4 aromatic rings. The van der Waals surface area contributed by atoms with Crippen molar-refractivity contribution in [2.45, 2.75) is 20.3 Å². The topological polar surface area (TPSA) is 29.1 Å². The monoisotopic (exact) mass is 518 g/mol. The Labute approximate surface area is 235 Å². The smallest absolute Gasteiger partial charge is 0.246 e. The average Bonchev–Trinajstić information content (AvgIpc) is 2.98. The lowest BCUT2D eigenvalue weighted by Gasteiger charge is -2.44. The van der Waals surface area contributed by atoms with Gasteiger partial charge in [0.05, 0.1) is 27.2 Å². The lowest BCUT2D eigenvalue weighted by Crippen LogP contribution is -2.74. The summed E-state index contributed by atoms with van der Waals surface area (Å²) in [7, 11) is 4.39. The molecule has 0 aliphatic rings. The van der Waals surface area contributed by atoms with Crippen molar-refractivity contribution < 1.29 is 9.28 Å². The van der Waals surface area contributed by atoms with Crippen LogP contribution in [0.4, 0.5) is 0 Å². The number of hydrogen-bond acceptors (Lipinski definition) is 1. The first-order valence-electron chi connectivity index (χ1n) is 13.9. The van der Waals surface area contributed by atoms with Gasteiger partial charge in [-0.3, -0.25) is 4.79 Å². The molecule has 4 heteroatoms. The summed E-state index contributed by atoms with van der Waals surface area (Å²) in [5.41, 5.74) is 5.93. The fourth-order valence-electron chi connectivity index (χ4n) is 5.14. The number of carbonyl (C=O) groups excluding carboxylic acids is 1. The molecule has 0 radical (unpaired) electrons. The van der Waals surface area contributed by atoms with Crippen LogP contribution >= 0.6 is 0 Å². The Morgan fingerprint density at radius 3 is 1.31 bits per heavy atom. The minimum absolute atomic E-state index is 0.0354. The first kappa shape index (κ1) is 29.7. The van der Waals surface area contributed by atoms with Crippen LogP contribution in [0.3, 0.4) is 0 Å². The number of carbonyl (C=O) groups is 1. The Morgan fingerprint density at radius 2 is 1.03 bits per heavy atom. The summed E-state index contributed by atoms with van der Waals surface area (Å²) in [4.78, 5) is 11.1. The molecule has 0 atom stereocenters. The van der Waals surface area contributed by atoms with Crippen LogP contribution in [-0.2, 0) is 4.79 Å². The molecular weight excluding hydrogens is 475 g/mol. The molecule has 3 nitrogen and oxygen atoms in total. The van der Waals surface area contributed by atoms with E-state index in [1.165, 1.54) is 21.9 Å². The highest BCUT2D eigenvalue weighted by atomic mass is 16.1. The fourth-order valence-corrected chi connectivity index (χ4v) is 5.14. The van der Waals surface area contributed by atoms with E-state index in [0.717, 1.165) is 30.5 Å². The van der Waals surface area contributed by atoms with Gasteiger partial charge in [0.2, 0.25) is 5.91 Å². The Morgan fingerprint density at radius 1 is 0.692 bits per heavy atom. The van der Waals surface area contributed by atoms with E-state index in [1.54, 1.807) is 6.92 Å². The SMILES string of the molecule is C=C(C)C(=O)NCCC[N+](C)(C)CC.c1ccc([B-](c2ccccc2)(c2ccccc2)c2ccccc2)cc1. The molecule has 1 N–H and O–H groups in total. The van der Waals surface area contributed by atoms with Crippen LogP contribution in [0.25, 0.3) is 0 Å². The summed E-state index contributed by atoms with van der Waals surface area (Å²) in [6.45, 7) is 10.4. The van der Waals surface area contributed by atoms with E-state index >= 15 is 0 Å². The number of benzene rings is 4. The van der Waals surface area contributed by atoms with Gasteiger partial charge in [-0.1, -0.05) is 128 Å². The van der Waals surface area contributed by atoms with Crippen LogP contribution in [0, 0.1) is 0 Å². The molecule has 0 aliphatic heterocycles. The number of hydrogen-bond donors (Lipinski definition) is 1. The average molecular weight is 519 g/mol. The zero-order chi connectivity index (χ0) is 28.1. The van der Waals surface area contributed by atoms with Gasteiger partial charge in [0, 0.05) is 18.5 Å². The van der Waals surface area contributed by atoms with Gasteiger partial charge < -0.3 is 9.80 Å². The van der Waals surface area contributed by atoms with E-state index in [9.17, 15) is 4.79 Å². The lowest BCUT2D eigenvalue weighted by molar-refractivity contribution is -0.888. The predicted molar refractivity (Wildman–Crippen MR) is 170 cm³/mol. The molecule has 0 heterocycles. The molecule has 0 bridgehead atoms. The molecule has 0 unspecified atom stereocenters. The molecule has 202 valence electrons. The first-order valence-corrected chi connectivity index (χ1v) is 13.9. The zero-order valence-corrected chi connectivity index (χ0v) is 24.0. The molecule has 0 aromatic heterocycles. The van der Waals surface area contributed by atoms with Gasteiger partial charge in [-0.05, 0) is 13.8 Å². The highest BCUT2D eigenvalue weighted by Crippen LogP contribution is 2.09. The molecular formula is C35H43BN2O. The summed E-state index contributed by atoms with van der Waals surface area (Å²) in [5.74, 6) is -0.0354. The molecule has 1 amide bonds. The van der Waals surface area contributed by atoms with E-state index in [2.05, 4.69) is 154 Å². The fraction of sp³-hybridized carbons (Fsp3) is 0.229. The molecule has 39 heavy (non-hydrogen) atoms. The van der Waals surface area contributed by atoms with Crippen LogP contribution in [0.2, 0.25) is 0 Å². The number of amides is 1. The molecule has 4 aromatic carbocycles. The first-order chi connectivity index (χ1) is 18.8. The van der Waals surface area contributed by atoms with Gasteiger partial charge in [0.25, 0.3) is 0 Å². The van der Waals surface area contributed by atoms with Crippen molar-refractivity contribution in [3.8, 4) is 0 Å². The minimum atomic E-state index is -1.22. The van der Waals surface area contributed by atoms with E-state index in [-0.39, 0.29) is 5.91 Å². The van der Waals surface area contributed by atoms with Crippen molar-refractivity contribution in [1.29, 1.82) is 0 Å². The van der Waals surface area contributed by atoms with Gasteiger partial charge >= 0.3 is 0 Å². The summed E-state index contributed by atoms with van der Waals surface area (Å²) in [6.07, 6.45) is -0.202. The Bertz CT molecular complexity index is 1130. The summed E-state index contributed by atoms with van der Waals surface area (Å²) in [6, 6.07) is 43.5. The largest absolute Gasteiger partial charge is 0.352 e. The highest BCUT2D eigenvalue weighted by molar-refractivity contribution is 7.19. The Kier molecular flexibility index (Phi) is 10.9. The maximum absolute atomic E-state index is 11.1. The van der Waals surface area contributed by atoms with Crippen molar-refractivity contribution in [1.82, 2.24) is 5.32 Å². The van der Waals surface area contributed by atoms with Crippen LogP contribution in [-0.4, -0.2) is 50.3 Å². The van der Waals surface area contributed by atoms with Crippen LogP contribution < -0.4 is 27.2 Å². The van der Waals surface area contributed by atoms with Gasteiger partial charge in [-0.2, -0.15) is 21.9 Å². The summed E-state index contributed by atoms with van der Waals surface area (Å²) >= 11 is 0. The number of nitrogens with zero attached hydrogens (tertiary/aromatic N) is 1. The summed E-state index contributed by atoms with van der Waals surface area (Å²) < 4.78 is 1.00. The maximum atomic E-state index is 11.1. The second-order valence-electron chi connectivity index (χ2n) is 10.9. The third kappa shape index (κ3) is 7.81. The van der Waals surface area contributed by atoms with Crippen LogP contribution in [0.1, 0.15) is 20.3 Å². The quantitative estimate of drug-likeness (QED) is 0.145. The van der Waals surface area contributed by atoms with Crippen LogP contribution in [0.5, 0.6) is 0 Å². The van der Waals surface area contributed by atoms with E-state index in [1.807, 2.05) is 0 Å². The van der Waals surface area contributed by atoms with Gasteiger partial charge in [0.15, 0.2) is 0 Å². The van der Waals surface area contributed by atoms with Crippen molar-refractivity contribution in [2.24, 2.45) is 0 Å². The lowest BCUT2D eigenvalue weighted by atomic mass is 9.13. The maximum Gasteiger partial charge on any atom is 0.246 e. The van der Waals surface area contributed by atoms with E-state index in [0.29, 0.717) is 5.57 Å². The van der Waals surface area contributed by atoms with Gasteiger partial charge in [-0.15, -0.1) is 0 Å². The second kappa shape index (κ2) is 14.3. The van der Waals surface area contributed by atoms with Crippen molar-refractivity contribution >= 4 is 33.9 Å².